The molecular formula is C18H14O3. The number of hydrogen-bond donors (Lipinski definition) is 1. The summed E-state index contributed by atoms with van der Waals surface area (Å²) in [7, 11) is 0. The Morgan fingerprint density at radius 2 is 1.57 bits per heavy atom. The normalized spacial score (nSPS) is 15.7. The number of fused-ring (bicyclic) bond motifs is 4. The van der Waals surface area contributed by atoms with Crippen LogP contribution in [0.15, 0.2) is 30.3 Å². The van der Waals surface area contributed by atoms with Crippen LogP contribution in [0.5, 0.6) is 0 Å². The van der Waals surface area contributed by atoms with Gasteiger partial charge in [0.05, 0.1) is 6.61 Å². The highest BCUT2D eigenvalue weighted by molar-refractivity contribution is 6.29. The molecule has 3 heteroatoms. The summed E-state index contributed by atoms with van der Waals surface area (Å²) in [6.07, 6.45) is 2.66. The van der Waals surface area contributed by atoms with E-state index >= 15 is 0 Å². The first-order valence-electron chi connectivity index (χ1n) is 7.19. The van der Waals surface area contributed by atoms with E-state index < -0.39 is 0 Å². The predicted molar refractivity (Wildman–Crippen MR) is 77.7 cm³/mol. The van der Waals surface area contributed by atoms with Gasteiger partial charge in [-0.15, -0.1) is 0 Å². The molecule has 2 aromatic rings. The molecule has 0 radical (unpaired) electrons. The topological polar surface area (TPSA) is 54.4 Å². The third-order valence-electron chi connectivity index (χ3n) is 4.55. The summed E-state index contributed by atoms with van der Waals surface area (Å²) in [5, 5.41) is 9.55. The van der Waals surface area contributed by atoms with E-state index in [1.54, 1.807) is 30.3 Å². The van der Waals surface area contributed by atoms with Crippen molar-refractivity contribution >= 4 is 11.6 Å². The van der Waals surface area contributed by atoms with Gasteiger partial charge in [0.1, 0.15) is 0 Å². The maximum atomic E-state index is 12.8. The molecule has 1 N–H and O–H groups in total. The van der Waals surface area contributed by atoms with Crippen LogP contribution in [-0.2, 0) is 19.4 Å². The van der Waals surface area contributed by atoms with Crippen LogP contribution in [0.2, 0.25) is 0 Å². The zero-order chi connectivity index (χ0) is 14.6. The van der Waals surface area contributed by atoms with E-state index in [4.69, 9.17) is 0 Å². The number of benzene rings is 2. The monoisotopic (exact) mass is 278 g/mol. The smallest absolute Gasteiger partial charge is 0.194 e. The number of aliphatic hydroxyl groups is 1. The highest BCUT2D eigenvalue weighted by Gasteiger charge is 2.34. The molecule has 0 aliphatic heterocycles. The molecule has 0 spiro atoms. The molecule has 4 rings (SSSR count). The second-order valence-electron chi connectivity index (χ2n) is 5.63. The van der Waals surface area contributed by atoms with Gasteiger partial charge >= 0.3 is 0 Å². The van der Waals surface area contributed by atoms with Crippen LogP contribution in [0.1, 0.15) is 55.0 Å². The molecule has 0 saturated heterocycles. The molecule has 0 heterocycles. The van der Waals surface area contributed by atoms with E-state index in [0.717, 1.165) is 36.0 Å². The van der Waals surface area contributed by atoms with Crippen molar-refractivity contribution in [3.05, 3.63) is 69.3 Å². The van der Waals surface area contributed by atoms with Crippen LogP contribution in [0.25, 0.3) is 0 Å². The summed E-state index contributed by atoms with van der Waals surface area (Å²) >= 11 is 0. The third-order valence-corrected chi connectivity index (χ3v) is 4.55. The van der Waals surface area contributed by atoms with Gasteiger partial charge in [-0.25, -0.2) is 0 Å². The lowest BCUT2D eigenvalue weighted by Gasteiger charge is -2.21. The molecule has 0 aromatic heterocycles. The van der Waals surface area contributed by atoms with Gasteiger partial charge in [-0.1, -0.05) is 24.3 Å². The fourth-order valence-corrected chi connectivity index (χ4v) is 3.61. The Morgan fingerprint density at radius 3 is 2.29 bits per heavy atom. The van der Waals surface area contributed by atoms with Gasteiger partial charge in [0, 0.05) is 22.3 Å². The summed E-state index contributed by atoms with van der Waals surface area (Å²) in [5.74, 6) is -0.160. The van der Waals surface area contributed by atoms with Gasteiger partial charge < -0.3 is 5.11 Å². The third kappa shape index (κ3) is 1.58. The second-order valence-corrected chi connectivity index (χ2v) is 5.63. The fourth-order valence-electron chi connectivity index (χ4n) is 3.61. The number of carbonyl (C=O) groups excluding carboxylic acids is 2. The van der Waals surface area contributed by atoms with Crippen LogP contribution < -0.4 is 0 Å². The Bertz CT molecular complexity index is 802. The SMILES string of the molecule is O=C1c2ccccc2C(=O)c2c1cc(CO)c1c2CCC1. The summed E-state index contributed by atoms with van der Waals surface area (Å²) in [6.45, 7) is -0.0846. The van der Waals surface area contributed by atoms with Crippen LogP contribution in [0.3, 0.4) is 0 Å². The molecule has 2 aromatic carbocycles. The van der Waals surface area contributed by atoms with E-state index in [-0.39, 0.29) is 18.2 Å². The number of hydrogen-bond acceptors (Lipinski definition) is 3. The average molecular weight is 278 g/mol. The van der Waals surface area contributed by atoms with E-state index in [2.05, 4.69) is 0 Å². The quantitative estimate of drug-likeness (QED) is 0.744. The first-order valence-corrected chi connectivity index (χ1v) is 7.19. The van der Waals surface area contributed by atoms with E-state index in [9.17, 15) is 14.7 Å². The number of carbonyl (C=O) groups is 2. The minimum atomic E-state index is -0.107. The summed E-state index contributed by atoms with van der Waals surface area (Å²) in [6, 6.07) is 8.70. The van der Waals surface area contributed by atoms with E-state index in [1.165, 1.54) is 0 Å². The standard InChI is InChI=1S/C18H14O3/c19-9-10-8-15-16(12-7-3-6-11(10)12)18(21)14-5-2-1-4-13(14)17(15)20/h1-2,4-5,8,19H,3,6-7,9H2. The van der Waals surface area contributed by atoms with Gasteiger partial charge in [-0.3, -0.25) is 9.59 Å². The predicted octanol–water partition coefficient (Wildman–Crippen LogP) is 2.44. The van der Waals surface area contributed by atoms with Gasteiger partial charge in [0.15, 0.2) is 11.6 Å². The lowest BCUT2D eigenvalue weighted by molar-refractivity contribution is 0.0978. The Balaban J connectivity index is 2.06. The van der Waals surface area contributed by atoms with Crippen LogP contribution in [0.4, 0.5) is 0 Å². The van der Waals surface area contributed by atoms with E-state index in [0.29, 0.717) is 22.3 Å². The average Bonchev–Trinajstić information content (AvgIpc) is 3.00. The van der Waals surface area contributed by atoms with Crippen LogP contribution in [0, 0.1) is 0 Å². The van der Waals surface area contributed by atoms with Crippen molar-refractivity contribution in [1.29, 1.82) is 0 Å². The summed E-state index contributed by atoms with van der Waals surface area (Å²) in [5.41, 5.74) is 4.84. The molecule has 0 saturated carbocycles. The minimum absolute atomic E-state index is 0.0529. The first kappa shape index (κ1) is 12.5. The van der Waals surface area contributed by atoms with Gasteiger partial charge in [0.2, 0.25) is 0 Å². The van der Waals surface area contributed by atoms with Crippen molar-refractivity contribution in [2.75, 3.05) is 0 Å². The molecule has 2 aliphatic rings. The van der Waals surface area contributed by atoms with Crippen LogP contribution >= 0.6 is 0 Å². The number of aliphatic hydroxyl groups excluding tert-OH is 1. The minimum Gasteiger partial charge on any atom is -0.392 e. The van der Waals surface area contributed by atoms with Gasteiger partial charge in [-0.05, 0) is 42.0 Å². The number of rotatable bonds is 1. The zero-order valence-corrected chi connectivity index (χ0v) is 11.5. The van der Waals surface area contributed by atoms with E-state index in [1.807, 2.05) is 0 Å². The fraction of sp³-hybridized carbons (Fsp3) is 0.222. The zero-order valence-electron chi connectivity index (χ0n) is 11.5. The molecule has 0 fully saturated rings. The van der Waals surface area contributed by atoms with Crippen molar-refractivity contribution < 1.29 is 14.7 Å². The molecule has 0 bridgehead atoms. The van der Waals surface area contributed by atoms with Crippen molar-refractivity contribution in [1.82, 2.24) is 0 Å². The molecule has 3 nitrogen and oxygen atoms in total. The lowest BCUT2D eigenvalue weighted by atomic mass is 9.79. The Morgan fingerprint density at radius 1 is 0.905 bits per heavy atom. The van der Waals surface area contributed by atoms with Gasteiger partial charge in [-0.2, -0.15) is 0 Å². The van der Waals surface area contributed by atoms with Gasteiger partial charge in [0.25, 0.3) is 0 Å². The molecule has 104 valence electrons. The summed E-state index contributed by atoms with van der Waals surface area (Å²) in [4.78, 5) is 25.5. The highest BCUT2D eigenvalue weighted by atomic mass is 16.3. The maximum absolute atomic E-state index is 12.8. The largest absolute Gasteiger partial charge is 0.392 e. The highest BCUT2D eigenvalue weighted by Crippen LogP contribution is 2.37. The second kappa shape index (κ2) is 4.37. The van der Waals surface area contributed by atoms with Crippen molar-refractivity contribution in [3.63, 3.8) is 0 Å². The molecule has 21 heavy (non-hydrogen) atoms. The lowest BCUT2D eigenvalue weighted by Crippen LogP contribution is -2.23. The summed E-state index contributed by atoms with van der Waals surface area (Å²) < 4.78 is 0. The van der Waals surface area contributed by atoms with Crippen molar-refractivity contribution in [2.45, 2.75) is 25.9 Å². The van der Waals surface area contributed by atoms with Crippen molar-refractivity contribution in [2.24, 2.45) is 0 Å². The first-order chi connectivity index (χ1) is 10.2. The molecule has 2 aliphatic carbocycles. The molecular weight excluding hydrogens is 264 g/mol. The molecule has 0 unspecified atom stereocenters. The van der Waals surface area contributed by atoms with Crippen LogP contribution in [-0.4, -0.2) is 16.7 Å². The molecule has 0 amide bonds. The Kier molecular flexibility index (Phi) is 2.59. The van der Waals surface area contributed by atoms with Crippen molar-refractivity contribution in [3.8, 4) is 0 Å². The Hall–Kier alpha value is -2.26. The number of ketones is 2. The molecule has 0 atom stereocenters. The Labute approximate surface area is 122 Å². The maximum Gasteiger partial charge on any atom is 0.194 e.